The molecule has 15 heavy (non-hydrogen) atoms. The van der Waals surface area contributed by atoms with Crippen molar-refractivity contribution in [3.05, 3.63) is 35.4 Å². The van der Waals surface area contributed by atoms with E-state index in [1.54, 1.807) is 0 Å². The van der Waals surface area contributed by atoms with E-state index in [4.69, 9.17) is 0 Å². The summed E-state index contributed by atoms with van der Waals surface area (Å²) in [4.78, 5) is 12.1. The molecule has 0 aromatic heterocycles. The highest BCUT2D eigenvalue weighted by molar-refractivity contribution is 6.00. The standard InChI is InChI=1S/C14H16O/c15-14(11-8-9-11)13-7-2-1-6-12(13)10-4-3-5-10/h1-2,6-7,10-11H,3-5,8-9H2. The molecule has 1 aromatic rings. The van der Waals surface area contributed by atoms with Gasteiger partial charge in [-0.25, -0.2) is 0 Å². The smallest absolute Gasteiger partial charge is 0.166 e. The molecular formula is C14H16O. The van der Waals surface area contributed by atoms with Gasteiger partial charge in [0.1, 0.15) is 0 Å². The molecule has 0 aliphatic heterocycles. The minimum Gasteiger partial charge on any atom is -0.294 e. The number of carbonyl (C=O) groups is 1. The molecule has 0 saturated heterocycles. The van der Waals surface area contributed by atoms with Gasteiger partial charge in [-0.3, -0.25) is 4.79 Å². The summed E-state index contributed by atoms with van der Waals surface area (Å²) >= 11 is 0. The van der Waals surface area contributed by atoms with Gasteiger partial charge < -0.3 is 0 Å². The van der Waals surface area contributed by atoms with Gasteiger partial charge in [0, 0.05) is 11.5 Å². The third-order valence-corrected chi connectivity index (χ3v) is 3.72. The number of rotatable bonds is 3. The van der Waals surface area contributed by atoms with E-state index in [-0.39, 0.29) is 0 Å². The first-order chi connectivity index (χ1) is 7.36. The van der Waals surface area contributed by atoms with E-state index in [1.807, 2.05) is 12.1 Å². The monoisotopic (exact) mass is 200 g/mol. The van der Waals surface area contributed by atoms with Crippen molar-refractivity contribution in [1.29, 1.82) is 0 Å². The molecule has 1 nitrogen and oxygen atoms in total. The van der Waals surface area contributed by atoms with Crippen molar-refractivity contribution in [2.75, 3.05) is 0 Å². The van der Waals surface area contributed by atoms with Crippen LogP contribution in [0.5, 0.6) is 0 Å². The summed E-state index contributed by atoms with van der Waals surface area (Å²) < 4.78 is 0. The van der Waals surface area contributed by atoms with E-state index in [2.05, 4.69) is 12.1 Å². The molecule has 0 bridgehead atoms. The fraction of sp³-hybridized carbons (Fsp3) is 0.500. The molecule has 78 valence electrons. The maximum Gasteiger partial charge on any atom is 0.166 e. The van der Waals surface area contributed by atoms with Crippen molar-refractivity contribution in [2.45, 2.75) is 38.0 Å². The minimum atomic E-state index is 0.353. The molecule has 0 heterocycles. The third kappa shape index (κ3) is 1.60. The average molecular weight is 200 g/mol. The normalized spacial score (nSPS) is 21.1. The van der Waals surface area contributed by atoms with Gasteiger partial charge in [0.15, 0.2) is 5.78 Å². The molecule has 0 radical (unpaired) electrons. The molecule has 3 rings (SSSR count). The van der Waals surface area contributed by atoms with Crippen LogP contribution in [0.2, 0.25) is 0 Å². The Kier molecular flexibility index (Phi) is 2.12. The van der Waals surface area contributed by atoms with Gasteiger partial charge >= 0.3 is 0 Å². The molecule has 0 unspecified atom stereocenters. The van der Waals surface area contributed by atoms with Crippen molar-refractivity contribution in [1.82, 2.24) is 0 Å². The van der Waals surface area contributed by atoms with Crippen molar-refractivity contribution in [3.63, 3.8) is 0 Å². The first kappa shape index (κ1) is 9.14. The Bertz CT molecular complexity index is 386. The Morgan fingerprint density at radius 2 is 1.80 bits per heavy atom. The van der Waals surface area contributed by atoms with E-state index in [0.29, 0.717) is 17.6 Å². The van der Waals surface area contributed by atoms with Gasteiger partial charge in [0.25, 0.3) is 0 Å². The van der Waals surface area contributed by atoms with Crippen LogP contribution in [0.25, 0.3) is 0 Å². The fourth-order valence-electron chi connectivity index (χ4n) is 2.36. The Labute approximate surface area is 90.5 Å². The van der Waals surface area contributed by atoms with E-state index in [0.717, 1.165) is 18.4 Å². The zero-order valence-corrected chi connectivity index (χ0v) is 8.91. The summed E-state index contributed by atoms with van der Waals surface area (Å²) in [5.74, 6) is 1.42. The molecular weight excluding hydrogens is 184 g/mol. The topological polar surface area (TPSA) is 17.1 Å². The third-order valence-electron chi connectivity index (χ3n) is 3.72. The van der Waals surface area contributed by atoms with Crippen LogP contribution in [0.4, 0.5) is 0 Å². The predicted octanol–water partition coefficient (Wildman–Crippen LogP) is 3.55. The summed E-state index contributed by atoms with van der Waals surface area (Å²) in [5.41, 5.74) is 2.34. The Morgan fingerprint density at radius 1 is 1.07 bits per heavy atom. The average Bonchev–Trinajstić information content (AvgIpc) is 2.98. The molecule has 1 aromatic carbocycles. The molecule has 0 spiro atoms. The summed E-state index contributed by atoms with van der Waals surface area (Å²) in [5, 5.41) is 0. The van der Waals surface area contributed by atoms with Crippen molar-refractivity contribution in [2.24, 2.45) is 5.92 Å². The quantitative estimate of drug-likeness (QED) is 0.682. The van der Waals surface area contributed by atoms with E-state index in [9.17, 15) is 4.79 Å². The first-order valence-corrected chi connectivity index (χ1v) is 5.99. The van der Waals surface area contributed by atoms with Crippen LogP contribution < -0.4 is 0 Å². The lowest BCUT2D eigenvalue weighted by atomic mass is 9.77. The highest BCUT2D eigenvalue weighted by Crippen LogP contribution is 2.40. The van der Waals surface area contributed by atoms with Crippen molar-refractivity contribution >= 4 is 5.78 Å². The predicted molar refractivity (Wildman–Crippen MR) is 60.1 cm³/mol. The lowest BCUT2D eigenvalue weighted by Gasteiger charge is -2.27. The molecule has 2 aliphatic carbocycles. The van der Waals surface area contributed by atoms with E-state index >= 15 is 0 Å². The van der Waals surface area contributed by atoms with Gasteiger partial charge in [-0.2, -0.15) is 0 Å². The Morgan fingerprint density at radius 3 is 2.40 bits per heavy atom. The van der Waals surface area contributed by atoms with Gasteiger partial charge in [0.2, 0.25) is 0 Å². The maximum atomic E-state index is 12.1. The second kappa shape index (κ2) is 3.48. The molecule has 0 amide bonds. The van der Waals surface area contributed by atoms with E-state index in [1.165, 1.54) is 24.8 Å². The Hall–Kier alpha value is -1.11. The molecule has 2 fully saturated rings. The molecule has 0 N–H and O–H groups in total. The SMILES string of the molecule is O=C(c1ccccc1C1CCC1)C1CC1. The second-order valence-corrected chi connectivity index (χ2v) is 4.85. The van der Waals surface area contributed by atoms with Crippen molar-refractivity contribution in [3.8, 4) is 0 Å². The number of carbonyl (C=O) groups excluding carboxylic acids is 1. The van der Waals surface area contributed by atoms with Crippen LogP contribution in [0, 0.1) is 5.92 Å². The summed E-state index contributed by atoms with van der Waals surface area (Å²) in [6.07, 6.45) is 6.09. The lowest BCUT2D eigenvalue weighted by molar-refractivity contribution is 0.0965. The largest absolute Gasteiger partial charge is 0.294 e. The van der Waals surface area contributed by atoms with Gasteiger partial charge in [0.05, 0.1) is 0 Å². The first-order valence-electron chi connectivity index (χ1n) is 5.99. The van der Waals surface area contributed by atoms with Crippen LogP contribution in [0.15, 0.2) is 24.3 Å². The lowest BCUT2D eigenvalue weighted by Crippen LogP contribution is -2.14. The highest BCUT2D eigenvalue weighted by Gasteiger charge is 2.33. The van der Waals surface area contributed by atoms with Crippen LogP contribution in [0.3, 0.4) is 0 Å². The molecule has 0 atom stereocenters. The number of benzene rings is 1. The summed E-state index contributed by atoms with van der Waals surface area (Å²) in [6, 6.07) is 8.24. The summed E-state index contributed by atoms with van der Waals surface area (Å²) in [7, 11) is 0. The molecule has 2 saturated carbocycles. The van der Waals surface area contributed by atoms with Gasteiger partial charge in [-0.1, -0.05) is 30.7 Å². The van der Waals surface area contributed by atoms with Crippen LogP contribution in [-0.4, -0.2) is 5.78 Å². The van der Waals surface area contributed by atoms with Gasteiger partial charge in [-0.15, -0.1) is 0 Å². The van der Waals surface area contributed by atoms with Crippen molar-refractivity contribution < 1.29 is 4.79 Å². The molecule has 2 aliphatic rings. The highest BCUT2D eigenvalue weighted by atomic mass is 16.1. The maximum absolute atomic E-state index is 12.1. The van der Waals surface area contributed by atoms with Crippen LogP contribution >= 0.6 is 0 Å². The fourth-order valence-corrected chi connectivity index (χ4v) is 2.36. The number of hydrogen-bond acceptors (Lipinski definition) is 1. The number of ketones is 1. The molecule has 1 heteroatoms. The van der Waals surface area contributed by atoms with Gasteiger partial charge in [-0.05, 0) is 37.2 Å². The van der Waals surface area contributed by atoms with E-state index < -0.39 is 0 Å². The Balaban J connectivity index is 1.93. The number of hydrogen-bond donors (Lipinski definition) is 0. The zero-order chi connectivity index (χ0) is 10.3. The summed E-state index contributed by atoms with van der Waals surface area (Å²) in [6.45, 7) is 0. The zero-order valence-electron chi connectivity index (χ0n) is 8.91. The number of Topliss-reactive ketones (excluding diaryl/α,β-unsaturated/α-hetero) is 1. The minimum absolute atomic E-state index is 0.353. The van der Waals surface area contributed by atoms with Crippen LogP contribution in [-0.2, 0) is 0 Å². The van der Waals surface area contributed by atoms with Crippen LogP contribution in [0.1, 0.15) is 53.9 Å². The second-order valence-electron chi connectivity index (χ2n) is 4.85.